The summed E-state index contributed by atoms with van der Waals surface area (Å²) < 4.78 is 39.0. The molecule has 0 radical (unpaired) electrons. The van der Waals surface area contributed by atoms with Gasteiger partial charge in [-0.3, -0.25) is 9.59 Å². The first-order chi connectivity index (χ1) is 15.3. The number of hydrogen-bond donors (Lipinski definition) is 4. The highest BCUT2D eigenvalue weighted by atomic mass is 19.4. The van der Waals surface area contributed by atoms with Gasteiger partial charge in [0.15, 0.2) is 0 Å². The fraction of sp³-hybridized carbons (Fsp3) is 0.391. The maximum atomic E-state index is 13.0. The minimum absolute atomic E-state index is 0.0251. The van der Waals surface area contributed by atoms with Gasteiger partial charge in [-0.05, 0) is 43.2 Å². The van der Waals surface area contributed by atoms with Crippen LogP contribution in [-0.2, 0) is 11.0 Å². The van der Waals surface area contributed by atoms with Crippen LogP contribution in [0.25, 0.3) is 0 Å². The van der Waals surface area contributed by atoms with Crippen molar-refractivity contribution >= 4 is 23.2 Å². The molecule has 1 fully saturated rings. The smallest absolute Gasteiger partial charge is 0.394 e. The molecule has 0 aliphatic heterocycles. The molecule has 0 heterocycles. The van der Waals surface area contributed by atoms with E-state index in [9.17, 15) is 27.9 Å². The van der Waals surface area contributed by atoms with Crippen molar-refractivity contribution in [2.24, 2.45) is 0 Å². The molecular formula is C23H26F3N3O3. The van der Waals surface area contributed by atoms with Crippen molar-refractivity contribution in [3.8, 4) is 0 Å². The molecule has 32 heavy (non-hydrogen) atoms. The van der Waals surface area contributed by atoms with Gasteiger partial charge in [-0.1, -0.05) is 37.5 Å². The molecule has 1 unspecified atom stereocenters. The van der Waals surface area contributed by atoms with Crippen molar-refractivity contribution in [2.75, 3.05) is 11.9 Å². The van der Waals surface area contributed by atoms with Gasteiger partial charge in [-0.15, -0.1) is 0 Å². The van der Waals surface area contributed by atoms with Gasteiger partial charge >= 0.3 is 6.18 Å². The van der Waals surface area contributed by atoms with Crippen molar-refractivity contribution in [1.29, 1.82) is 0 Å². The summed E-state index contributed by atoms with van der Waals surface area (Å²) in [6, 6.07) is 9.79. The summed E-state index contributed by atoms with van der Waals surface area (Å²) in [5.41, 5.74) is -0.250. The van der Waals surface area contributed by atoms with Crippen LogP contribution in [-0.4, -0.2) is 35.6 Å². The molecule has 1 atom stereocenters. The van der Waals surface area contributed by atoms with Gasteiger partial charge in [-0.2, -0.15) is 13.2 Å². The summed E-state index contributed by atoms with van der Waals surface area (Å²) in [4.78, 5) is 25.3. The van der Waals surface area contributed by atoms with E-state index in [1.165, 1.54) is 18.2 Å². The second kappa shape index (κ2) is 10.5. The number of rotatable bonds is 7. The van der Waals surface area contributed by atoms with Crippen molar-refractivity contribution < 1.29 is 27.9 Å². The number of anilines is 2. The fourth-order valence-corrected chi connectivity index (χ4v) is 3.70. The molecule has 2 amide bonds. The zero-order valence-corrected chi connectivity index (χ0v) is 17.4. The zero-order valence-electron chi connectivity index (χ0n) is 17.4. The molecule has 6 nitrogen and oxygen atoms in total. The number of aliphatic hydroxyl groups is 1. The van der Waals surface area contributed by atoms with Crippen molar-refractivity contribution in [1.82, 2.24) is 10.6 Å². The normalized spacial score (nSPS) is 15.6. The molecule has 0 spiro atoms. The first-order valence-corrected chi connectivity index (χ1v) is 10.5. The summed E-state index contributed by atoms with van der Waals surface area (Å²) in [5, 5.41) is 17.8. The summed E-state index contributed by atoms with van der Waals surface area (Å²) in [7, 11) is 0. The number of para-hydroxylation sites is 1. The Morgan fingerprint density at radius 1 is 1.03 bits per heavy atom. The molecule has 0 bridgehead atoms. The van der Waals surface area contributed by atoms with Gasteiger partial charge in [0.2, 0.25) is 5.91 Å². The summed E-state index contributed by atoms with van der Waals surface area (Å²) >= 11 is 0. The average Bonchev–Trinajstić information content (AvgIpc) is 2.78. The van der Waals surface area contributed by atoms with Gasteiger partial charge in [0, 0.05) is 11.7 Å². The maximum Gasteiger partial charge on any atom is 0.416 e. The summed E-state index contributed by atoms with van der Waals surface area (Å²) in [5.74, 6) is -1.09. The monoisotopic (exact) mass is 449 g/mol. The van der Waals surface area contributed by atoms with Crippen LogP contribution in [0, 0.1) is 0 Å². The number of benzene rings is 2. The first kappa shape index (κ1) is 23.6. The number of halogens is 3. The molecule has 1 aliphatic carbocycles. The lowest BCUT2D eigenvalue weighted by Crippen LogP contribution is -2.51. The Morgan fingerprint density at radius 2 is 1.75 bits per heavy atom. The Hall–Kier alpha value is -3.07. The third-order valence-corrected chi connectivity index (χ3v) is 5.40. The molecule has 2 aromatic rings. The zero-order chi connectivity index (χ0) is 23.1. The van der Waals surface area contributed by atoms with Gasteiger partial charge in [-0.25, -0.2) is 0 Å². The quantitative estimate of drug-likeness (QED) is 0.515. The standard InChI is InChI=1S/C23H26F3N3O3/c24-23(25,26)15-7-6-10-17(13-15)27-19-12-5-4-11-18(19)21(31)29-20(14-30)22(32)28-16-8-2-1-3-9-16/h4-7,10-13,16,20,27,30H,1-3,8-9,14H2,(H,28,32)(H,29,31). The minimum Gasteiger partial charge on any atom is -0.394 e. The fourth-order valence-electron chi connectivity index (χ4n) is 3.70. The van der Waals surface area contributed by atoms with Crippen LogP contribution in [0.3, 0.4) is 0 Å². The molecule has 0 aromatic heterocycles. The molecule has 1 aliphatic rings. The van der Waals surface area contributed by atoms with E-state index < -0.39 is 36.2 Å². The van der Waals surface area contributed by atoms with Crippen LogP contribution in [0.2, 0.25) is 0 Å². The molecule has 3 rings (SSSR count). The number of alkyl halides is 3. The van der Waals surface area contributed by atoms with E-state index in [-0.39, 0.29) is 23.0 Å². The van der Waals surface area contributed by atoms with E-state index >= 15 is 0 Å². The van der Waals surface area contributed by atoms with Gasteiger partial charge < -0.3 is 21.1 Å². The van der Waals surface area contributed by atoms with Crippen LogP contribution in [0.15, 0.2) is 48.5 Å². The van der Waals surface area contributed by atoms with E-state index in [2.05, 4.69) is 16.0 Å². The maximum absolute atomic E-state index is 13.0. The van der Waals surface area contributed by atoms with E-state index in [1.54, 1.807) is 18.2 Å². The molecule has 9 heteroatoms. The second-order valence-electron chi connectivity index (χ2n) is 7.80. The Balaban J connectivity index is 1.71. The Kier molecular flexibility index (Phi) is 7.74. The van der Waals surface area contributed by atoms with Crippen molar-refractivity contribution in [3.63, 3.8) is 0 Å². The third-order valence-electron chi connectivity index (χ3n) is 5.40. The first-order valence-electron chi connectivity index (χ1n) is 10.5. The lowest BCUT2D eigenvalue weighted by Gasteiger charge is -2.25. The predicted octanol–water partition coefficient (Wildman–Crippen LogP) is 3.99. The number of carbonyl (C=O) groups excluding carboxylic acids is 2. The number of hydrogen-bond acceptors (Lipinski definition) is 4. The van der Waals surface area contributed by atoms with Crippen LogP contribution in [0.1, 0.15) is 48.0 Å². The second-order valence-corrected chi connectivity index (χ2v) is 7.80. The number of amides is 2. The molecule has 1 saturated carbocycles. The molecule has 0 saturated heterocycles. The highest BCUT2D eigenvalue weighted by Gasteiger charge is 2.30. The third kappa shape index (κ3) is 6.23. The van der Waals surface area contributed by atoms with E-state index in [0.717, 1.165) is 44.2 Å². The SMILES string of the molecule is O=C(NC(CO)C(=O)NC1CCCCC1)c1ccccc1Nc1cccc(C(F)(F)F)c1. The lowest BCUT2D eigenvalue weighted by molar-refractivity contribution is -0.137. The molecule has 2 aromatic carbocycles. The van der Waals surface area contributed by atoms with Gasteiger partial charge in [0.25, 0.3) is 5.91 Å². The van der Waals surface area contributed by atoms with E-state index in [0.29, 0.717) is 0 Å². The molecular weight excluding hydrogens is 423 g/mol. The molecule has 172 valence electrons. The largest absolute Gasteiger partial charge is 0.416 e. The van der Waals surface area contributed by atoms with Crippen LogP contribution < -0.4 is 16.0 Å². The highest BCUT2D eigenvalue weighted by molar-refractivity contribution is 6.02. The lowest BCUT2D eigenvalue weighted by atomic mass is 9.95. The Bertz CT molecular complexity index is 943. The number of carbonyl (C=O) groups is 2. The van der Waals surface area contributed by atoms with Crippen molar-refractivity contribution in [3.05, 3.63) is 59.7 Å². The summed E-state index contributed by atoms with van der Waals surface area (Å²) in [6.07, 6.45) is 0.408. The topological polar surface area (TPSA) is 90.5 Å². The average molecular weight is 449 g/mol. The van der Waals surface area contributed by atoms with Crippen LogP contribution >= 0.6 is 0 Å². The molecule has 4 N–H and O–H groups in total. The van der Waals surface area contributed by atoms with Gasteiger partial charge in [0.05, 0.1) is 23.4 Å². The highest BCUT2D eigenvalue weighted by Crippen LogP contribution is 2.32. The number of nitrogens with one attached hydrogen (secondary N) is 3. The Morgan fingerprint density at radius 3 is 2.44 bits per heavy atom. The van der Waals surface area contributed by atoms with Crippen molar-refractivity contribution in [2.45, 2.75) is 50.4 Å². The van der Waals surface area contributed by atoms with E-state index in [1.807, 2.05) is 0 Å². The number of aliphatic hydroxyl groups excluding tert-OH is 1. The van der Waals surface area contributed by atoms with Crippen LogP contribution in [0.4, 0.5) is 24.5 Å². The predicted molar refractivity (Wildman–Crippen MR) is 115 cm³/mol. The Labute approximate surface area is 184 Å². The van der Waals surface area contributed by atoms with Gasteiger partial charge in [0.1, 0.15) is 6.04 Å². The minimum atomic E-state index is -4.49. The van der Waals surface area contributed by atoms with E-state index in [4.69, 9.17) is 0 Å². The summed E-state index contributed by atoms with van der Waals surface area (Å²) in [6.45, 7) is -0.576. The van der Waals surface area contributed by atoms with Crippen LogP contribution in [0.5, 0.6) is 0 Å².